The molecular weight excluding hydrogens is 598 g/mol. The molecule has 1 atom stereocenters. The molecule has 4 aromatic rings. The summed E-state index contributed by atoms with van der Waals surface area (Å²) >= 11 is 0. The van der Waals surface area contributed by atoms with Crippen LogP contribution in [0.5, 0.6) is 11.5 Å². The number of aromatic nitrogens is 4. The minimum absolute atomic E-state index is 0.0826. The van der Waals surface area contributed by atoms with E-state index < -0.39 is 22.9 Å². The number of aryl methyl sites for hydroxylation is 2. The van der Waals surface area contributed by atoms with Crippen molar-refractivity contribution in [3.63, 3.8) is 0 Å². The van der Waals surface area contributed by atoms with Crippen molar-refractivity contribution in [3.05, 3.63) is 74.4 Å². The fraction of sp³-hybridized carbons (Fsp3) is 0.400. The Bertz CT molecular complexity index is 2090. The quantitative estimate of drug-likeness (QED) is 0.316. The van der Waals surface area contributed by atoms with E-state index in [2.05, 4.69) is 17.2 Å². The second kappa shape index (κ2) is 12.5. The van der Waals surface area contributed by atoms with Crippen molar-refractivity contribution in [3.8, 4) is 23.3 Å². The molecule has 47 heavy (non-hydrogen) atoms. The summed E-state index contributed by atoms with van der Waals surface area (Å²) in [7, 11) is 1.61. The number of carbonyl (C=O) groups is 1. The van der Waals surface area contributed by atoms with Gasteiger partial charge >= 0.3 is 11.8 Å². The minimum atomic E-state index is -0.615. The Labute approximate surface area is 272 Å². The molecule has 0 saturated carbocycles. The SMILES string of the molecule is CC#CCn1c(N2CCCC(NC(=O)OC(C)(C)C)C2)nc2c1c(=O)n(CC1=Nc3cc(C)ccc3Oc3ccccc31)c(=O)n2C. The van der Waals surface area contributed by atoms with Gasteiger partial charge in [0.1, 0.15) is 17.0 Å². The fourth-order valence-electron chi connectivity index (χ4n) is 5.99. The van der Waals surface area contributed by atoms with Gasteiger partial charge in [-0.3, -0.25) is 18.5 Å². The standard InChI is InChI=1S/C35H39N7O5/c1-7-8-18-41-29-30(38-32(41)40-17-11-12-23(20-40)36-33(44)47-35(3,4)5)39(6)34(45)42(31(29)43)21-26-24-13-9-10-14-27(24)46-28-16-15-22(2)19-25(28)37-26/h9-10,13-16,19,23H,11-12,17-18,20-21H2,1-6H3,(H,36,44). The number of rotatable bonds is 5. The van der Waals surface area contributed by atoms with Crippen molar-refractivity contribution in [1.82, 2.24) is 24.0 Å². The number of nitrogens with one attached hydrogen (secondary N) is 1. The normalized spacial score (nSPS) is 15.8. The van der Waals surface area contributed by atoms with E-state index >= 15 is 0 Å². The van der Waals surface area contributed by atoms with E-state index in [0.717, 1.165) is 18.4 Å². The molecule has 6 rings (SSSR count). The second-order valence-electron chi connectivity index (χ2n) is 12.9. The third kappa shape index (κ3) is 6.38. The summed E-state index contributed by atoms with van der Waals surface area (Å²) < 4.78 is 16.1. The molecule has 2 aliphatic heterocycles. The Morgan fingerprint density at radius 3 is 2.68 bits per heavy atom. The molecule has 0 bridgehead atoms. The van der Waals surface area contributed by atoms with Crippen molar-refractivity contribution in [2.24, 2.45) is 12.0 Å². The van der Waals surface area contributed by atoms with Gasteiger partial charge in [-0.05, 0) is 77.3 Å². The number of nitrogens with zero attached hydrogens (tertiary/aromatic N) is 6. The van der Waals surface area contributed by atoms with Gasteiger partial charge in [0.15, 0.2) is 16.9 Å². The highest BCUT2D eigenvalue weighted by molar-refractivity contribution is 6.05. The number of hydrogen-bond acceptors (Lipinski definition) is 8. The monoisotopic (exact) mass is 637 g/mol. The molecule has 12 nitrogen and oxygen atoms in total. The van der Waals surface area contributed by atoms with E-state index in [4.69, 9.17) is 19.5 Å². The van der Waals surface area contributed by atoms with Gasteiger partial charge in [0.2, 0.25) is 5.95 Å². The molecule has 4 heterocycles. The van der Waals surface area contributed by atoms with Gasteiger partial charge in [-0.25, -0.2) is 14.6 Å². The number of anilines is 1. The number of aliphatic imine (C=N–C) groups is 1. The summed E-state index contributed by atoms with van der Waals surface area (Å²) in [6, 6.07) is 13.0. The minimum Gasteiger partial charge on any atom is -0.454 e. The van der Waals surface area contributed by atoms with Crippen LogP contribution in [0.25, 0.3) is 11.2 Å². The number of alkyl carbamates (subject to hydrolysis) is 1. The molecule has 1 saturated heterocycles. The maximum atomic E-state index is 14.4. The van der Waals surface area contributed by atoms with Gasteiger partial charge in [0.05, 0.1) is 18.8 Å². The van der Waals surface area contributed by atoms with Crippen LogP contribution in [0.3, 0.4) is 0 Å². The highest BCUT2D eigenvalue weighted by Crippen LogP contribution is 2.38. The van der Waals surface area contributed by atoms with Gasteiger partial charge in [-0.1, -0.05) is 24.1 Å². The lowest BCUT2D eigenvalue weighted by Gasteiger charge is -2.34. The van der Waals surface area contributed by atoms with Gasteiger partial charge in [0.25, 0.3) is 5.56 Å². The number of hydrogen-bond donors (Lipinski definition) is 1. The van der Waals surface area contributed by atoms with E-state index in [-0.39, 0.29) is 30.3 Å². The predicted octanol–water partition coefficient (Wildman–Crippen LogP) is 4.65. The number of amides is 1. The lowest BCUT2D eigenvalue weighted by atomic mass is 10.1. The maximum Gasteiger partial charge on any atom is 0.407 e. The molecule has 2 aliphatic rings. The Morgan fingerprint density at radius 2 is 1.91 bits per heavy atom. The lowest BCUT2D eigenvalue weighted by Crippen LogP contribution is -2.49. The second-order valence-corrected chi connectivity index (χ2v) is 12.9. The van der Waals surface area contributed by atoms with Crippen LogP contribution in [0.1, 0.15) is 51.7 Å². The summed E-state index contributed by atoms with van der Waals surface area (Å²) in [5.41, 5.74) is 1.75. The molecule has 1 unspecified atom stereocenters. The zero-order valence-electron chi connectivity index (χ0n) is 27.6. The zero-order chi connectivity index (χ0) is 33.5. The smallest absolute Gasteiger partial charge is 0.407 e. The Hall–Kier alpha value is -5.31. The van der Waals surface area contributed by atoms with Gasteiger partial charge in [-0.15, -0.1) is 5.92 Å². The number of piperidine rings is 1. The van der Waals surface area contributed by atoms with E-state index in [1.54, 1.807) is 18.5 Å². The average molecular weight is 638 g/mol. The summed E-state index contributed by atoms with van der Waals surface area (Å²) in [5, 5.41) is 2.97. The van der Waals surface area contributed by atoms with Gasteiger partial charge in [-0.2, -0.15) is 4.98 Å². The topological polar surface area (TPSA) is 125 Å². The van der Waals surface area contributed by atoms with E-state index in [9.17, 15) is 14.4 Å². The van der Waals surface area contributed by atoms with Crippen molar-refractivity contribution in [2.75, 3.05) is 18.0 Å². The largest absolute Gasteiger partial charge is 0.454 e. The first-order chi connectivity index (χ1) is 22.4. The van der Waals surface area contributed by atoms with Crippen LogP contribution in [0.15, 0.2) is 57.0 Å². The van der Waals surface area contributed by atoms with Crippen LogP contribution in [0.2, 0.25) is 0 Å². The van der Waals surface area contributed by atoms with Crippen LogP contribution in [-0.2, 0) is 24.9 Å². The number of carbonyl (C=O) groups excluding carboxylic acids is 1. The first-order valence-corrected chi connectivity index (χ1v) is 15.7. The fourth-order valence-corrected chi connectivity index (χ4v) is 5.99. The zero-order valence-corrected chi connectivity index (χ0v) is 27.6. The van der Waals surface area contributed by atoms with E-state index in [1.165, 1.54) is 9.13 Å². The molecular formula is C35H39N7O5. The van der Waals surface area contributed by atoms with Crippen LogP contribution >= 0.6 is 0 Å². The van der Waals surface area contributed by atoms with Crippen molar-refractivity contribution >= 4 is 34.6 Å². The molecule has 12 heteroatoms. The van der Waals surface area contributed by atoms with Crippen molar-refractivity contribution in [2.45, 2.75) is 72.2 Å². The van der Waals surface area contributed by atoms with Crippen LogP contribution in [0, 0.1) is 18.8 Å². The number of para-hydroxylation sites is 1. The Kier molecular flexibility index (Phi) is 8.40. The number of imidazole rings is 1. The first-order valence-electron chi connectivity index (χ1n) is 15.7. The number of benzene rings is 2. The molecule has 1 amide bonds. The van der Waals surface area contributed by atoms with Crippen LogP contribution in [0.4, 0.5) is 16.4 Å². The van der Waals surface area contributed by atoms with Crippen molar-refractivity contribution in [1.29, 1.82) is 0 Å². The summed E-state index contributed by atoms with van der Waals surface area (Å²) in [6.45, 7) is 10.4. The molecule has 2 aromatic heterocycles. The summed E-state index contributed by atoms with van der Waals surface area (Å²) in [5.74, 6) is 7.68. The molecule has 0 aliphatic carbocycles. The number of fused-ring (bicyclic) bond motifs is 3. The Balaban J connectivity index is 1.43. The first kappa shape index (κ1) is 31.7. The maximum absolute atomic E-state index is 14.4. The molecule has 244 valence electrons. The summed E-state index contributed by atoms with van der Waals surface area (Å²) in [4.78, 5) is 52.5. The lowest BCUT2D eigenvalue weighted by molar-refractivity contribution is 0.0499. The van der Waals surface area contributed by atoms with Crippen molar-refractivity contribution < 1.29 is 14.3 Å². The van der Waals surface area contributed by atoms with Crippen LogP contribution in [-0.4, -0.2) is 55.2 Å². The van der Waals surface area contributed by atoms with E-state index in [1.807, 2.05) is 75.1 Å². The summed E-state index contributed by atoms with van der Waals surface area (Å²) in [6.07, 6.45) is 1.08. The molecule has 0 radical (unpaired) electrons. The highest BCUT2D eigenvalue weighted by atomic mass is 16.6. The molecule has 0 spiro atoms. The third-order valence-corrected chi connectivity index (χ3v) is 8.15. The highest BCUT2D eigenvalue weighted by Gasteiger charge is 2.30. The van der Waals surface area contributed by atoms with Crippen LogP contribution < -0.4 is 26.2 Å². The molecule has 2 aromatic carbocycles. The van der Waals surface area contributed by atoms with Gasteiger partial charge < -0.3 is 19.7 Å². The average Bonchev–Trinajstić information content (AvgIpc) is 3.33. The Morgan fingerprint density at radius 1 is 1.13 bits per heavy atom. The molecule has 1 N–H and O–H groups in total. The molecule has 1 fully saturated rings. The van der Waals surface area contributed by atoms with E-state index in [0.29, 0.717) is 47.5 Å². The third-order valence-electron chi connectivity index (χ3n) is 8.15. The predicted molar refractivity (Wildman–Crippen MR) is 181 cm³/mol. The number of ether oxygens (including phenoxy) is 2. The van der Waals surface area contributed by atoms with Gasteiger partial charge in [0, 0.05) is 31.7 Å².